The van der Waals surface area contributed by atoms with Gasteiger partial charge in [0.2, 0.25) is 5.91 Å². The van der Waals surface area contributed by atoms with Gasteiger partial charge in [0, 0.05) is 22.9 Å². The Hall–Kier alpha value is -2.22. The lowest BCUT2D eigenvalue weighted by atomic mass is 9.77. The summed E-state index contributed by atoms with van der Waals surface area (Å²) >= 11 is 8.97. The minimum atomic E-state index is -0.455. The van der Waals surface area contributed by atoms with Crippen LogP contribution in [0.25, 0.3) is 0 Å². The van der Waals surface area contributed by atoms with Crippen LogP contribution in [0.2, 0.25) is 5.02 Å². The molecule has 0 atom stereocenters. The van der Waals surface area contributed by atoms with E-state index in [4.69, 9.17) is 11.6 Å². The predicted molar refractivity (Wildman–Crippen MR) is 125 cm³/mol. The summed E-state index contributed by atoms with van der Waals surface area (Å²) in [6.07, 6.45) is 4.59. The van der Waals surface area contributed by atoms with Gasteiger partial charge in [-0.05, 0) is 42.0 Å². The molecule has 1 saturated carbocycles. The van der Waals surface area contributed by atoms with Gasteiger partial charge in [0.25, 0.3) is 5.91 Å². The van der Waals surface area contributed by atoms with Crippen LogP contribution >= 0.6 is 34.3 Å². The van der Waals surface area contributed by atoms with Crippen LogP contribution in [-0.2, 0) is 23.2 Å². The average Bonchev–Trinajstić information content (AvgIpc) is 3.53. The van der Waals surface area contributed by atoms with Crippen molar-refractivity contribution < 1.29 is 9.59 Å². The van der Waals surface area contributed by atoms with E-state index in [0.29, 0.717) is 34.5 Å². The zero-order valence-electron chi connectivity index (χ0n) is 16.9. The number of hydrogen-bond donors (Lipinski definition) is 1. The van der Waals surface area contributed by atoms with E-state index in [1.54, 1.807) is 6.07 Å². The van der Waals surface area contributed by atoms with Gasteiger partial charge in [-0.2, -0.15) is 0 Å². The van der Waals surface area contributed by atoms with Crippen molar-refractivity contribution in [3.8, 4) is 0 Å². The minimum absolute atomic E-state index is 0.137. The summed E-state index contributed by atoms with van der Waals surface area (Å²) in [7, 11) is 0. The van der Waals surface area contributed by atoms with Gasteiger partial charge in [0.15, 0.2) is 5.13 Å². The molecular formula is C23H22ClN3O2S2. The number of carbonyl (C=O) groups is 2. The summed E-state index contributed by atoms with van der Waals surface area (Å²) in [5.41, 5.74) is 1.60. The van der Waals surface area contributed by atoms with Crippen LogP contribution < -0.4 is 5.32 Å². The molecule has 2 aliphatic rings. The minimum Gasteiger partial charge on any atom is -0.336 e. The first-order chi connectivity index (χ1) is 15.0. The number of hydrogen-bond acceptors (Lipinski definition) is 5. The molecule has 1 aliphatic heterocycles. The van der Waals surface area contributed by atoms with Gasteiger partial charge in [-0.15, -0.1) is 11.3 Å². The van der Waals surface area contributed by atoms with Crippen LogP contribution in [0, 0.1) is 0 Å². The van der Waals surface area contributed by atoms with Crippen LogP contribution in [0.4, 0.5) is 5.13 Å². The second-order valence-electron chi connectivity index (χ2n) is 8.09. The third-order valence-electron chi connectivity index (χ3n) is 6.25. The Morgan fingerprint density at radius 1 is 1.13 bits per heavy atom. The molecule has 1 aliphatic carbocycles. The lowest BCUT2D eigenvalue weighted by molar-refractivity contribution is -0.138. The molecule has 31 heavy (non-hydrogen) atoms. The summed E-state index contributed by atoms with van der Waals surface area (Å²) in [4.78, 5) is 34.4. The number of thiazole rings is 1. The second-order valence-corrected chi connectivity index (χ2v) is 10.6. The maximum absolute atomic E-state index is 13.8. The van der Waals surface area contributed by atoms with Crippen LogP contribution in [0.15, 0.2) is 41.8 Å². The van der Waals surface area contributed by atoms with E-state index >= 15 is 0 Å². The molecule has 3 heterocycles. The molecule has 0 saturated heterocycles. The molecule has 1 fully saturated rings. The van der Waals surface area contributed by atoms with E-state index in [9.17, 15) is 9.59 Å². The van der Waals surface area contributed by atoms with Crippen molar-refractivity contribution in [1.29, 1.82) is 0 Å². The second kappa shape index (κ2) is 8.37. The van der Waals surface area contributed by atoms with Crippen LogP contribution in [-0.4, -0.2) is 28.2 Å². The van der Waals surface area contributed by atoms with Gasteiger partial charge in [0.05, 0.1) is 22.5 Å². The smallest absolute Gasteiger partial charge is 0.267 e. The Balaban J connectivity index is 1.35. The first-order valence-corrected chi connectivity index (χ1v) is 12.5. The summed E-state index contributed by atoms with van der Waals surface area (Å²) in [6, 6.07) is 11.4. The fourth-order valence-electron chi connectivity index (χ4n) is 4.66. The van der Waals surface area contributed by atoms with Gasteiger partial charge < -0.3 is 4.90 Å². The van der Waals surface area contributed by atoms with Crippen LogP contribution in [0.5, 0.6) is 0 Å². The van der Waals surface area contributed by atoms with Gasteiger partial charge in [-0.3, -0.25) is 14.9 Å². The molecule has 0 spiro atoms. The number of nitrogens with one attached hydrogen (secondary N) is 1. The molecule has 2 aromatic heterocycles. The van der Waals surface area contributed by atoms with E-state index in [1.165, 1.54) is 22.7 Å². The van der Waals surface area contributed by atoms with Gasteiger partial charge in [0.1, 0.15) is 0 Å². The highest BCUT2D eigenvalue weighted by Gasteiger charge is 2.45. The molecule has 1 N–H and O–H groups in total. The Bertz CT molecular complexity index is 1100. The normalized spacial score (nSPS) is 17.4. The Labute approximate surface area is 194 Å². The molecule has 5 rings (SSSR count). The van der Waals surface area contributed by atoms with Crippen molar-refractivity contribution in [2.45, 2.75) is 44.1 Å². The first-order valence-electron chi connectivity index (χ1n) is 10.4. The van der Waals surface area contributed by atoms with Crippen LogP contribution in [0.1, 0.15) is 51.5 Å². The zero-order chi connectivity index (χ0) is 21.4. The Morgan fingerprint density at radius 2 is 1.90 bits per heavy atom. The number of anilines is 1. The quantitative estimate of drug-likeness (QED) is 0.546. The van der Waals surface area contributed by atoms with E-state index in [0.717, 1.165) is 41.8 Å². The highest BCUT2D eigenvalue weighted by molar-refractivity contribution is 7.16. The fraction of sp³-hybridized carbons (Fsp3) is 0.348. The summed E-state index contributed by atoms with van der Waals surface area (Å²) in [5, 5.41) is 6.07. The number of rotatable bonds is 4. The number of carbonyl (C=O) groups excluding carboxylic acids is 2. The Kier molecular flexibility index (Phi) is 5.58. The third-order valence-corrected chi connectivity index (χ3v) is 8.37. The van der Waals surface area contributed by atoms with Crippen molar-refractivity contribution in [1.82, 2.24) is 9.88 Å². The number of benzene rings is 1. The molecule has 0 bridgehead atoms. The molecule has 1 aromatic carbocycles. The van der Waals surface area contributed by atoms with Gasteiger partial charge in [-0.25, -0.2) is 4.98 Å². The largest absolute Gasteiger partial charge is 0.336 e. The first kappa shape index (κ1) is 20.7. The maximum atomic E-state index is 13.8. The molecule has 3 aromatic rings. The lowest BCUT2D eigenvalue weighted by Crippen LogP contribution is -2.47. The van der Waals surface area contributed by atoms with E-state index in [2.05, 4.69) is 10.3 Å². The van der Waals surface area contributed by atoms with E-state index < -0.39 is 5.41 Å². The molecule has 160 valence electrons. The fourth-order valence-corrected chi connectivity index (χ4v) is 6.43. The molecule has 5 nitrogen and oxygen atoms in total. The number of halogens is 1. The third kappa shape index (κ3) is 3.90. The number of nitrogens with zero attached hydrogens (tertiary/aromatic N) is 2. The van der Waals surface area contributed by atoms with Crippen molar-refractivity contribution in [2.24, 2.45) is 0 Å². The van der Waals surface area contributed by atoms with Crippen molar-refractivity contribution >= 4 is 51.2 Å². The summed E-state index contributed by atoms with van der Waals surface area (Å²) < 4.78 is 0. The summed E-state index contributed by atoms with van der Waals surface area (Å²) in [5.74, 6) is 0.0669. The highest BCUT2D eigenvalue weighted by atomic mass is 35.5. The monoisotopic (exact) mass is 471 g/mol. The standard InChI is InChI=1S/C23H22ClN3O2S2/c24-16-7-5-15(6-8-16)23(10-1-2-11-23)21(29)27-12-9-17-19(14-27)31-22(25-17)26-20(28)18-4-3-13-30-18/h3-8,13H,1-2,9-12,14H2,(H,25,26,28). The predicted octanol–water partition coefficient (Wildman–Crippen LogP) is 5.51. The van der Waals surface area contributed by atoms with E-state index in [1.807, 2.05) is 40.6 Å². The molecule has 2 amide bonds. The summed E-state index contributed by atoms with van der Waals surface area (Å²) in [6.45, 7) is 1.21. The number of fused-ring (bicyclic) bond motifs is 1. The molecule has 0 unspecified atom stereocenters. The zero-order valence-corrected chi connectivity index (χ0v) is 19.3. The Morgan fingerprint density at radius 3 is 2.61 bits per heavy atom. The number of thiophene rings is 1. The van der Waals surface area contributed by atoms with E-state index in [-0.39, 0.29) is 11.8 Å². The molecule has 8 heteroatoms. The SMILES string of the molecule is O=C(Nc1nc2c(s1)CN(C(=O)C1(c3ccc(Cl)cc3)CCCC1)CC2)c1cccs1. The lowest BCUT2D eigenvalue weighted by Gasteiger charge is -2.36. The van der Waals surface area contributed by atoms with Crippen molar-refractivity contribution in [2.75, 3.05) is 11.9 Å². The number of amides is 2. The van der Waals surface area contributed by atoms with Gasteiger partial charge in [-0.1, -0.05) is 54.0 Å². The van der Waals surface area contributed by atoms with Crippen molar-refractivity contribution in [3.05, 3.63) is 67.8 Å². The topological polar surface area (TPSA) is 62.3 Å². The highest BCUT2D eigenvalue weighted by Crippen LogP contribution is 2.44. The van der Waals surface area contributed by atoms with Crippen LogP contribution in [0.3, 0.4) is 0 Å². The van der Waals surface area contributed by atoms with Gasteiger partial charge >= 0.3 is 0 Å². The maximum Gasteiger partial charge on any atom is 0.267 e. The average molecular weight is 472 g/mol. The number of aromatic nitrogens is 1. The molecular weight excluding hydrogens is 450 g/mol. The van der Waals surface area contributed by atoms with Crippen molar-refractivity contribution in [3.63, 3.8) is 0 Å². The molecule has 0 radical (unpaired) electrons.